The number of nitrogens with zero attached hydrogens (tertiary/aromatic N) is 1. The quantitative estimate of drug-likeness (QED) is 0.440. The summed E-state index contributed by atoms with van der Waals surface area (Å²) < 4.78 is 0.637. The summed E-state index contributed by atoms with van der Waals surface area (Å²) in [5, 5.41) is 18.7. The standard InChI is InChI=1S/C4H8N2O2S3/c7-1-6-4(9)11-3(5-6)10-2-8/h3,5,7-8H,1-2H2. The molecular weight excluding hydrogens is 204 g/mol. The molecule has 0 aromatic carbocycles. The van der Waals surface area contributed by atoms with Crippen LogP contribution in [0.15, 0.2) is 0 Å². The fourth-order valence-corrected chi connectivity index (χ4v) is 2.85. The third-order valence-corrected chi connectivity index (χ3v) is 3.56. The fourth-order valence-electron chi connectivity index (χ4n) is 0.599. The first-order valence-corrected chi connectivity index (χ1v) is 5.19. The van der Waals surface area contributed by atoms with E-state index in [9.17, 15) is 0 Å². The van der Waals surface area contributed by atoms with Crippen molar-refractivity contribution < 1.29 is 10.2 Å². The van der Waals surface area contributed by atoms with E-state index in [2.05, 4.69) is 5.43 Å². The molecule has 4 nitrogen and oxygen atoms in total. The van der Waals surface area contributed by atoms with Crippen molar-refractivity contribution in [2.75, 3.05) is 12.7 Å². The van der Waals surface area contributed by atoms with Crippen molar-refractivity contribution in [3.8, 4) is 0 Å². The number of aliphatic hydroxyl groups excluding tert-OH is 2. The van der Waals surface area contributed by atoms with E-state index < -0.39 is 0 Å². The maximum atomic E-state index is 8.71. The molecule has 64 valence electrons. The van der Waals surface area contributed by atoms with E-state index in [0.717, 1.165) is 0 Å². The Morgan fingerprint density at radius 1 is 1.73 bits per heavy atom. The summed E-state index contributed by atoms with van der Waals surface area (Å²) in [5.74, 6) is 0.0482. The lowest BCUT2D eigenvalue weighted by atomic mass is 11.1. The first kappa shape index (κ1) is 9.56. The Bertz CT molecular complexity index is 156. The highest BCUT2D eigenvalue weighted by Gasteiger charge is 2.25. The lowest BCUT2D eigenvalue weighted by molar-refractivity contribution is 0.142. The summed E-state index contributed by atoms with van der Waals surface area (Å²) >= 11 is 7.64. The van der Waals surface area contributed by atoms with E-state index in [1.807, 2.05) is 0 Å². The van der Waals surface area contributed by atoms with Crippen LogP contribution in [0.5, 0.6) is 0 Å². The molecule has 1 heterocycles. The van der Waals surface area contributed by atoms with Crippen LogP contribution in [0.25, 0.3) is 0 Å². The number of hydrogen-bond donors (Lipinski definition) is 3. The molecule has 1 aliphatic heterocycles. The van der Waals surface area contributed by atoms with Crippen molar-refractivity contribution >= 4 is 40.1 Å². The SMILES string of the molecule is OCSC1NN(CO)C(=S)S1. The third-order valence-electron chi connectivity index (χ3n) is 1.06. The van der Waals surface area contributed by atoms with Crippen molar-refractivity contribution in [1.82, 2.24) is 10.4 Å². The Morgan fingerprint density at radius 2 is 2.45 bits per heavy atom. The number of aliphatic hydroxyl groups is 2. The minimum absolute atomic E-state index is 0.0275. The summed E-state index contributed by atoms with van der Waals surface area (Å²) in [6.07, 6.45) is 0. The molecule has 0 aromatic rings. The monoisotopic (exact) mass is 212 g/mol. The van der Waals surface area contributed by atoms with Crippen LogP contribution in [-0.4, -0.2) is 36.9 Å². The van der Waals surface area contributed by atoms with Gasteiger partial charge >= 0.3 is 0 Å². The van der Waals surface area contributed by atoms with Gasteiger partial charge in [-0.25, -0.2) is 5.43 Å². The first-order valence-electron chi connectivity index (χ1n) is 2.85. The Hall–Kier alpha value is 0.470. The fraction of sp³-hybridized carbons (Fsp3) is 0.750. The largest absolute Gasteiger partial charge is 0.386 e. The third kappa shape index (κ3) is 2.46. The van der Waals surface area contributed by atoms with E-state index in [-0.39, 0.29) is 17.4 Å². The first-order chi connectivity index (χ1) is 5.27. The number of hydrazine groups is 1. The van der Waals surface area contributed by atoms with Gasteiger partial charge in [-0.2, -0.15) is 0 Å². The zero-order valence-electron chi connectivity index (χ0n) is 5.56. The van der Waals surface area contributed by atoms with Crippen LogP contribution in [0.1, 0.15) is 0 Å². The number of thiocarbonyl (C=S) groups is 1. The summed E-state index contributed by atoms with van der Waals surface area (Å²) in [6.45, 7) is -0.131. The lowest BCUT2D eigenvalue weighted by Crippen LogP contribution is -2.36. The smallest absolute Gasteiger partial charge is 0.155 e. The van der Waals surface area contributed by atoms with Gasteiger partial charge in [-0.15, -0.1) is 11.8 Å². The number of thioether (sulfide) groups is 2. The van der Waals surface area contributed by atoms with Gasteiger partial charge in [-0.1, -0.05) is 24.0 Å². The Labute approximate surface area is 78.3 Å². The second-order valence-corrected chi connectivity index (χ2v) is 4.81. The molecule has 0 radical (unpaired) electrons. The van der Waals surface area contributed by atoms with E-state index in [1.54, 1.807) is 0 Å². The second kappa shape index (κ2) is 4.48. The van der Waals surface area contributed by atoms with Crippen molar-refractivity contribution in [3.05, 3.63) is 0 Å². The Morgan fingerprint density at radius 3 is 2.91 bits per heavy atom. The van der Waals surface area contributed by atoms with E-state index in [0.29, 0.717) is 4.32 Å². The van der Waals surface area contributed by atoms with Crippen molar-refractivity contribution in [2.24, 2.45) is 0 Å². The van der Waals surface area contributed by atoms with Crippen LogP contribution in [0, 0.1) is 0 Å². The summed E-state index contributed by atoms with van der Waals surface area (Å²) in [5.41, 5.74) is 2.90. The molecule has 0 bridgehead atoms. The average Bonchev–Trinajstić information content (AvgIpc) is 2.32. The zero-order chi connectivity index (χ0) is 8.27. The molecule has 11 heavy (non-hydrogen) atoms. The summed E-state index contributed by atoms with van der Waals surface area (Å²) in [4.78, 5) is 0. The van der Waals surface area contributed by atoms with Gasteiger partial charge in [0.1, 0.15) is 11.4 Å². The highest BCUT2D eigenvalue weighted by molar-refractivity contribution is 8.30. The van der Waals surface area contributed by atoms with Gasteiger partial charge in [-0.3, -0.25) is 5.01 Å². The van der Waals surface area contributed by atoms with Crippen LogP contribution < -0.4 is 5.43 Å². The van der Waals surface area contributed by atoms with Crippen LogP contribution in [-0.2, 0) is 0 Å². The normalized spacial score (nSPS) is 24.7. The van der Waals surface area contributed by atoms with Crippen molar-refractivity contribution in [2.45, 2.75) is 4.71 Å². The number of rotatable bonds is 3. The molecule has 1 saturated heterocycles. The van der Waals surface area contributed by atoms with Crippen LogP contribution in [0.2, 0.25) is 0 Å². The van der Waals surface area contributed by atoms with Gasteiger partial charge in [0.25, 0.3) is 0 Å². The molecule has 0 aliphatic carbocycles. The molecule has 1 aliphatic rings. The van der Waals surface area contributed by atoms with Crippen molar-refractivity contribution in [1.29, 1.82) is 0 Å². The Kier molecular flexibility index (Phi) is 3.90. The molecule has 0 saturated carbocycles. The molecule has 0 spiro atoms. The molecule has 0 aromatic heterocycles. The van der Waals surface area contributed by atoms with Gasteiger partial charge in [0, 0.05) is 0 Å². The molecule has 1 unspecified atom stereocenters. The maximum absolute atomic E-state index is 8.71. The predicted molar refractivity (Wildman–Crippen MR) is 50.7 cm³/mol. The second-order valence-electron chi connectivity index (χ2n) is 1.71. The van der Waals surface area contributed by atoms with Crippen LogP contribution in [0.3, 0.4) is 0 Å². The van der Waals surface area contributed by atoms with E-state index in [1.165, 1.54) is 28.5 Å². The number of nitrogens with one attached hydrogen (secondary N) is 1. The molecule has 1 atom stereocenters. The molecule has 0 amide bonds. The highest BCUT2D eigenvalue weighted by atomic mass is 32.2. The lowest BCUT2D eigenvalue weighted by Gasteiger charge is -2.13. The van der Waals surface area contributed by atoms with Crippen LogP contribution in [0.4, 0.5) is 0 Å². The van der Waals surface area contributed by atoms with Gasteiger partial charge in [0.15, 0.2) is 4.32 Å². The van der Waals surface area contributed by atoms with Gasteiger partial charge < -0.3 is 10.2 Å². The minimum atomic E-state index is -0.131. The zero-order valence-corrected chi connectivity index (χ0v) is 8.01. The summed E-state index contributed by atoms with van der Waals surface area (Å²) in [6, 6.07) is 0. The van der Waals surface area contributed by atoms with E-state index >= 15 is 0 Å². The molecule has 1 rings (SSSR count). The van der Waals surface area contributed by atoms with Crippen LogP contribution >= 0.6 is 35.7 Å². The molecular formula is C4H8N2O2S3. The number of hydrogen-bond acceptors (Lipinski definition) is 6. The van der Waals surface area contributed by atoms with Gasteiger partial charge in [-0.05, 0) is 0 Å². The minimum Gasteiger partial charge on any atom is -0.386 e. The predicted octanol–water partition coefficient (Wildman–Crippen LogP) is -0.259. The molecule has 7 heteroatoms. The topological polar surface area (TPSA) is 55.7 Å². The molecule has 3 N–H and O–H groups in total. The van der Waals surface area contributed by atoms with Crippen molar-refractivity contribution in [3.63, 3.8) is 0 Å². The Balaban J connectivity index is 2.36. The van der Waals surface area contributed by atoms with Gasteiger partial charge in [0.2, 0.25) is 0 Å². The average molecular weight is 212 g/mol. The highest BCUT2D eigenvalue weighted by Crippen LogP contribution is 2.28. The maximum Gasteiger partial charge on any atom is 0.155 e. The molecule has 1 fully saturated rings. The van der Waals surface area contributed by atoms with Gasteiger partial charge in [0.05, 0.1) is 5.94 Å². The van der Waals surface area contributed by atoms with E-state index in [4.69, 9.17) is 22.4 Å². The summed E-state index contributed by atoms with van der Waals surface area (Å²) in [7, 11) is 0.